The van der Waals surface area contributed by atoms with E-state index in [-0.39, 0.29) is 19.7 Å². The summed E-state index contributed by atoms with van der Waals surface area (Å²) in [6.45, 7) is 1.99. The minimum absolute atomic E-state index is 0.000932. The largest absolute Gasteiger partial charge is 0.481 e. The van der Waals surface area contributed by atoms with Crippen molar-refractivity contribution < 1.29 is 23.8 Å². The Bertz CT molecular complexity index is 809. The molecule has 6 heteroatoms. The molecule has 0 bridgehead atoms. The number of rotatable bonds is 4. The number of ether oxygens (including phenoxy) is 1. The van der Waals surface area contributed by atoms with Crippen LogP contribution < -0.4 is 0 Å². The van der Waals surface area contributed by atoms with Gasteiger partial charge in [-0.1, -0.05) is 42.5 Å². The van der Waals surface area contributed by atoms with Crippen molar-refractivity contribution in [3.63, 3.8) is 0 Å². The number of hydrogen-bond donors (Lipinski definition) is 1. The van der Waals surface area contributed by atoms with Gasteiger partial charge in [0.15, 0.2) is 0 Å². The first-order chi connectivity index (χ1) is 12.5. The molecule has 2 atom stereocenters. The number of likely N-dealkylation sites (tertiary alicyclic amines) is 1. The Balaban J connectivity index is 1.72. The highest BCUT2D eigenvalue weighted by molar-refractivity contribution is 5.75. The van der Waals surface area contributed by atoms with Gasteiger partial charge in [-0.3, -0.25) is 4.79 Å². The second-order valence-electron chi connectivity index (χ2n) is 6.52. The van der Waals surface area contributed by atoms with Crippen LogP contribution in [0, 0.1) is 18.7 Å². The van der Waals surface area contributed by atoms with Crippen LogP contribution in [0.15, 0.2) is 48.5 Å². The zero-order valence-electron chi connectivity index (χ0n) is 14.4. The van der Waals surface area contributed by atoms with Crippen molar-refractivity contribution in [2.45, 2.75) is 19.4 Å². The summed E-state index contributed by atoms with van der Waals surface area (Å²) in [5, 5.41) is 9.50. The molecule has 1 amide bonds. The first kappa shape index (κ1) is 17.9. The molecule has 0 aliphatic carbocycles. The molecule has 1 aliphatic heterocycles. The number of carboxylic acids is 1. The summed E-state index contributed by atoms with van der Waals surface area (Å²) in [5.74, 6) is -2.96. The minimum atomic E-state index is -1.05. The van der Waals surface area contributed by atoms with E-state index in [1.54, 1.807) is 19.1 Å². The lowest BCUT2D eigenvalue weighted by Gasteiger charge is -2.17. The summed E-state index contributed by atoms with van der Waals surface area (Å²) < 4.78 is 19.6. The fourth-order valence-corrected chi connectivity index (χ4v) is 3.26. The van der Waals surface area contributed by atoms with Gasteiger partial charge in [-0.15, -0.1) is 0 Å². The normalized spacial score (nSPS) is 19.4. The minimum Gasteiger partial charge on any atom is -0.481 e. The molecule has 5 nitrogen and oxygen atoms in total. The summed E-state index contributed by atoms with van der Waals surface area (Å²) in [6, 6.07) is 13.9. The molecule has 0 radical (unpaired) electrons. The van der Waals surface area contributed by atoms with E-state index in [9.17, 15) is 19.1 Å². The SMILES string of the molecule is Cc1ccc([C@@H]2CN(C(=O)OCc3ccccc3)C[C@H]2C(=O)O)c(F)c1. The quantitative estimate of drug-likeness (QED) is 0.908. The molecule has 136 valence electrons. The molecule has 1 N–H and O–H groups in total. The lowest BCUT2D eigenvalue weighted by atomic mass is 9.88. The van der Waals surface area contributed by atoms with Crippen LogP contribution in [0.3, 0.4) is 0 Å². The summed E-state index contributed by atoms with van der Waals surface area (Å²) in [6.07, 6.45) is -0.588. The highest BCUT2D eigenvalue weighted by Gasteiger charge is 2.42. The number of aryl methyl sites for hydroxylation is 1. The van der Waals surface area contributed by atoms with Crippen LogP contribution in [-0.4, -0.2) is 35.2 Å². The van der Waals surface area contributed by atoms with Crippen molar-refractivity contribution in [1.82, 2.24) is 4.90 Å². The van der Waals surface area contributed by atoms with Crippen LogP contribution in [0.5, 0.6) is 0 Å². The van der Waals surface area contributed by atoms with E-state index in [2.05, 4.69) is 0 Å². The van der Waals surface area contributed by atoms with Gasteiger partial charge < -0.3 is 14.7 Å². The Hall–Kier alpha value is -2.89. The zero-order valence-corrected chi connectivity index (χ0v) is 14.4. The van der Waals surface area contributed by atoms with Crippen LogP contribution in [0.1, 0.15) is 22.6 Å². The number of nitrogens with zero attached hydrogens (tertiary/aromatic N) is 1. The Labute approximate surface area is 151 Å². The van der Waals surface area contributed by atoms with Crippen molar-refractivity contribution in [2.75, 3.05) is 13.1 Å². The Morgan fingerprint density at radius 1 is 1.19 bits per heavy atom. The monoisotopic (exact) mass is 357 g/mol. The number of halogens is 1. The third-order valence-electron chi connectivity index (χ3n) is 4.66. The predicted octanol–water partition coefficient (Wildman–Crippen LogP) is 3.57. The molecule has 2 aromatic carbocycles. The summed E-state index contributed by atoms with van der Waals surface area (Å²) in [5.41, 5.74) is 1.92. The van der Waals surface area contributed by atoms with Crippen molar-refractivity contribution in [3.8, 4) is 0 Å². The van der Waals surface area contributed by atoms with Crippen LogP contribution in [-0.2, 0) is 16.1 Å². The highest BCUT2D eigenvalue weighted by Crippen LogP contribution is 2.35. The first-order valence-corrected chi connectivity index (χ1v) is 8.40. The van der Waals surface area contributed by atoms with E-state index >= 15 is 0 Å². The van der Waals surface area contributed by atoms with Gasteiger partial charge >= 0.3 is 12.1 Å². The molecule has 0 unspecified atom stereocenters. The van der Waals surface area contributed by atoms with E-state index in [1.165, 1.54) is 11.0 Å². The summed E-state index contributed by atoms with van der Waals surface area (Å²) in [4.78, 5) is 25.3. The topological polar surface area (TPSA) is 66.8 Å². The molecule has 26 heavy (non-hydrogen) atoms. The van der Waals surface area contributed by atoms with Gasteiger partial charge in [0, 0.05) is 19.0 Å². The number of carbonyl (C=O) groups excluding carboxylic acids is 1. The number of carbonyl (C=O) groups is 2. The van der Waals surface area contributed by atoms with Crippen LogP contribution in [0.4, 0.5) is 9.18 Å². The molecule has 0 aromatic heterocycles. The van der Waals surface area contributed by atoms with Crippen molar-refractivity contribution >= 4 is 12.1 Å². The molecule has 1 heterocycles. The standard InChI is InChI=1S/C20H20FNO4/c1-13-7-8-15(18(21)9-13)16-10-22(11-17(16)19(23)24)20(25)26-12-14-5-3-2-4-6-14/h2-9,16-17H,10-12H2,1H3,(H,23,24)/t16-,17+/m0/s1. The molecular weight excluding hydrogens is 337 g/mol. The molecule has 1 saturated heterocycles. The molecule has 1 fully saturated rings. The fourth-order valence-electron chi connectivity index (χ4n) is 3.26. The van der Waals surface area contributed by atoms with E-state index < -0.39 is 29.7 Å². The number of hydrogen-bond acceptors (Lipinski definition) is 3. The molecule has 2 aromatic rings. The van der Waals surface area contributed by atoms with Gasteiger partial charge in [0.25, 0.3) is 0 Å². The average Bonchev–Trinajstić information content (AvgIpc) is 3.06. The molecular formula is C20H20FNO4. The molecule has 0 spiro atoms. The Morgan fingerprint density at radius 2 is 1.92 bits per heavy atom. The number of aliphatic carboxylic acids is 1. The number of carboxylic acid groups (broad SMARTS) is 1. The van der Waals surface area contributed by atoms with Crippen LogP contribution >= 0.6 is 0 Å². The molecule has 0 saturated carbocycles. The average molecular weight is 357 g/mol. The van der Waals surface area contributed by atoms with E-state index in [4.69, 9.17) is 4.74 Å². The lowest BCUT2D eigenvalue weighted by molar-refractivity contribution is -0.141. The van der Waals surface area contributed by atoms with Crippen molar-refractivity contribution in [3.05, 3.63) is 71.0 Å². The fraction of sp³-hybridized carbons (Fsp3) is 0.300. The van der Waals surface area contributed by atoms with Crippen molar-refractivity contribution in [1.29, 1.82) is 0 Å². The highest BCUT2D eigenvalue weighted by atomic mass is 19.1. The third kappa shape index (κ3) is 3.85. The van der Waals surface area contributed by atoms with Gasteiger partial charge in [0.1, 0.15) is 12.4 Å². The lowest BCUT2D eigenvalue weighted by Crippen LogP contribution is -2.30. The van der Waals surface area contributed by atoms with E-state index in [1.807, 2.05) is 30.3 Å². The smallest absolute Gasteiger partial charge is 0.410 e. The van der Waals surface area contributed by atoms with Crippen molar-refractivity contribution in [2.24, 2.45) is 5.92 Å². The summed E-state index contributed by atoms with van der Waals surface area (Å²) >= 11 is 0. The predicted molar refractivity (Wildman–Crippen MR) is 93.2 cm³/mol. The van der Waals surface area contributed by atoms with Gasteiger partial charge in [0.2, 0.25) is 0 Å². The Kier molecular flexibility index (Phi) is 5.21. The van der Waals surface area contributed by atoms with Gasteiger partial charge in [-0.05, 0) is 29.7 Å². The van der Waals surface area contributed by atoms with Gasteiger partial charge in [0.05, 0.1) is 5.92 Å². The third-order valence-corrected chi connectivity index (χ3v) is 4.66. The van der Waals surface area contributed by atoms with E-state index in [0.29, 0.717) is 5.56 Å². The number of benzene rings is 2. The zero-order chi connectivity index (χ0) is 18.7. The summed E-state index contributed by atoms with van der Waals surface area (Å²) in [7, 11) is 0. The van der Waals surface area contributed by atoms with Gasteiger partial charge in [-0.2, -0.15) is 0 Å². The first-order valence-electron chi connectivity index (χ1n) is 8.40. The van der Waals surface area contributed by atoms with Gasteiger partial charge in [-0.25, -0.2) is 9.18 Å². The van der Waals surface area contributed by atoms with Crippen LogP contribution in [0.2, 0.25) is 0 Å². The second kappa shape index (κ2) is 7.56. The maximum Gasteiger partial charge on any atom is 0.410 e. The maximum absolute atomic E-state index is 14.3. The van der Waals surface area contributed by atoms with Crippen LogP contribution in [0.25, 0.3) is 0 Å². The Morgan fingerprint density at radius 3 is 2.58 bits per heavy atom. The number of amides is 1. The van der Waals surface area contributed by atoms with E-state index in [0.717, 1.165) is 11.1 Å². The molecule has 1 aliphatic rings. The maximum atomic E-state index is 14.3. The second-order valence-corrected chi connectivity index (χ2v) is 6.52. The molecule has 3 rings (SSSR count).